The summed E-state index contributed by atoms with van der Waals surface area (Å²) in [6.07, 6.45) is 6.13. The summed E-state index contributed by atoms with van der Waals surface area (Å²) in [5.74, 6) is 3.28. The van der Waals surface area contributed by atoms with E-state index in [1.807, 2.05) is 0 Å². The van der Waals surface area contributed by atoms with Gasteiger partial charge in [0, 0.05) is 0 Å². The molecule has 1 unspecified atom stereocenters. The minimum atomic E-state index is 0.591. The predicted molar refractivity (Wildman–Crippen MR) is 48.4 cm³/mol. The Labute approximate surface area is 70.4 Å². The van der Waals surface area contributed by atoms with Gasteiger partial charge >= 0.3 is 0 Å². The van der Waals surface area contributed by atoms with Crippen LogP contribution in [-0.4, -0.2) is 0 Å². The Kier molecular flexibility index (Phi) is 1.56. The Morgan fingerprint density at radius 1 is 1.00 bits per heavy atom. The molecule has 0 heterocycles. The summed E-state index contributed by atoms with van der Waals surface area (Å²) in [5, 5.41) is 0. The zero-order chi connectivity index (χ0) is 8.06. The zero-order valence-corrected chi connectivity index (χ0v) is 8.06. The highest BCUT2D eigenvalue weighted by molar-refractivity contribution is 4.98. The van der Waals surface area contributed by atoms with Crippen LogP contribution in [-0.2, 0) is 0 Å². The number of hydrogen-bond acceptors (Lipinski definition) is 0. The van der Waals surface area contributed by atoms with Crippen molar-refractivity contribution < 1.29 is 0 Å². The maximum absolute atomic E-state index is 2.42. The molecule has 3 rings (SSSR count). The van der Waals surface area contributed by atoms with Crippen molar-refractivity contribution in [3.8, 4) is 0 Å². The first-order chi connectivity index (χ1) is 5.09. The molecule has 0 aromatic heterocycles. The van der Waals surface area contributed by atoms with Gasteiger partial charge in [-0.2, -0.15) is 0 Å². The monoisotopic (exact) mass is 152 g/mol. The van der Waals surface area contributed by atoms with Crippen molar-refractivity contribution in [1.82, 2.24) is 0 Å². The van der Waals surface area contributed by atoms with Gasteiger partial charge in [0.1, 0.15) is 0 Å². The first kappa shape index (κ1) is 7.64. The summed E-state index contributed by atoms with van der Waals surface area (Å²) in [5.41, 5.74) is 0.591. The van der Waals surface area contributed by atoms with E-state index >= 15 is 0 Å². The van der Waals surface area contributed by atoms with Crippen molar-refractivity contribution in [2.24, 2.45) is 23.2 Å². The molecule has 3 aliphatic carbocycles. The molecule has 0 nitrogen and oxygen atoms in total. The van der Waals surface area contributed by atoms with Gasteiger partial charge in [-0.05, 0) is 29.6 Å². The molecule has 3 aliphatic rings. The first-order valence-electron chi connectivity index (χ1n) is 5.09. The van der Waals surface area contributed by atoms with Crippen LogP contribution in [0.5, 0.6) is 0 Å². The van der Waals surface area contributed by atoms with E-state index in [0.29, 0.717) is 5.41 Å². The minimum Gasteiger partial charge on any atom is -0.0599 e. The number of fused-ring (bicyclic) bond motifs is 2. The summed E-state index contributed by atoms with van der Waals surface area (Å²) in [6, 6.07) is 0. The second-order valence-corrected chi connectivity index (χ2v) is 5.58. The Bertz CT molecular complexity index is 138. The summed E-state index contributed by atoms with van der Waals surface area (Å²) in [6.45, 7) is 7.26. The molecule has 3 saturated carbocycles. The van der Waals surface area contributed by atoms with Crippen LogP contribution in [0.1, 0.15) is 46.5 Å². The lowest BCUT2D eigenvalue weighted by molar-refractivity contribution is -0.0583. The van der Waals surface area contributed by atoms with Crippen molar-refractivity contribution in [2.75, 3.05) is 0 Å². The second-order valence-electron chi connectivity index (χ2n) is 5.58. The Morgan fingerprint density at radius 3 is 1.82 bits per heavy atom. The van der Waals surface area contributed by atoms with E-state index in [9.17, 15) is 0 Å². The second kappa shape index (κ2) is 2.24. The van der Waals surface area contributed by atoms with Crippen LogP contribution in [0, 0.1) is 23.2 Å². The lowest BCUT2D eigenvalue weighted by atomic mass is 9.50. The Balaban J connectivity index is 2.06. The molecule has 3 atom stereocenters. The van der Waals surface area contributed by atoms with Gasteiger partial charge in [-0.15, -0.1) is 0 Å². The van der Waals surface area contributed by atoms with Crippen molar-refractivity contribution in [3.63, 3.8) is 0 Å². The summed E-state index contributed by atoms with van der Waals surface area (Å²) in [7, 11) is 0. The summed E-state index contributed by atoms with van der Waals surface area (Å²) >= 11 is 0. The smallest absolute Gasteiger partial charge is 0.0308 e. The van der Waals surface area contributed by atoms with Crippen molar-refractivity contribution in [1.29, 1.82) is 0 Å². The third-order valence-corrected chi connectivity index (χ3v) is 3.77. The van der Waals surface area contributed by atoms with E-state index in [-0.39, 0.29) is 0 Å². The number of rotatable bonds is 0. The molecule has 64 valence electrons. The molecule has 0 spiro atoms. The van der Waals surface area contributed by atoms with Crippen LogP contribution in [0.4, 0.5) is 0 Å². The Morgan fingerprint density at radius 2 is 1.55 bits per heavy atom. The van der Waals surface area contributed by atoms with Gasteiger partial charge in [0.05, 0.1) is 0 Å². The highest BCUT2D eigenvalue weighted by atomic mass is 14.5. The zero-order valence-electron chi connectivity index (χ0n) is 8.06. The van der Waals surface area contributed by atoms with Crippen LogP contribution in [0.15, 0.2) is 0 Å². The fourth-order valence-corrected chi connectivity index (χ4v) is 3.52. The first-order valence-corrected chi connectivity index (χ1v) is 5.09. The average molecular weight is 152 g/mol. The largest absolute Gasteiger partial charge is 0.0599 e. The van der Waals surface area contributed by atoms with Gasteiger partial charge in [-0.3, -0.25) is 0 Å². The van der Waals surface area contributed by atoms with Gasteiger partial charge in [-0.25, -0.2) is 0 Å². The van der Waals surface area contributed by atoms with E-state index in [4.69, 9.17) is 0 Å². The predicted octanol–water partition coefficient (Wildman–Crippen LogP) is 3.47. The van der Waals surface area contributed by atoms with Gasteiger partial charge in [0.25, 0.3) is 0 Å². The van der Waals surface area contributed by atoms with Gasteiger partial charge < -0.3 is 0 Å². The molecule has 0 amide bonds. The molecule has 0 radical (unpaired) electrons. The molecule has 0 aliphatic heterocycles. The molecule has 11 heavy (non-hydrogen) atoms. The summed E-state index contributed by atoms with van der Waals surface area (Å²) < 4.78 is 0. The third-order valence-electron chi connectivity index (χ3n) is 3.77. The highest BCUT2D eigenvalue weighted by Crippen LogP contribution is 2.57. The van der Waals surface area contributed by atoms with Crippen LogP contribution in [0.25, 0.3) is 0 Å². The molecule has 0 aromatic carbocycles. The van der Waals surface area contributed by atoms with Gasteiger partial charge in [0.2, 0.25) is 0 Å². The SMILES string of the molecule is CC(C)(C)C1[C@@H]2CCC[C@H]1C2. The fourth-order valence-electron chi connectivity index (χ4n) is 3.52. The van der Waals surface area contributed by atoms with Gasteiger partial charge in [0.15, 0.2) is 0 Å². The average Bonchev–Trinajstić information content (AvgIpc) is 1.85. The van der Waals surface area contributed by atoms with Crippen molar-refractivity contribution in [3.05, 3.63) is 0 Å². The molecular formula is C11H20. The van der Waals surface area contributed by atoms with E-state index in [0.717, 1.165) is 17.8 Å². The quantitative estimate of drug-likeness (QED) is 0.498. The van der Waals surface area contributed by atoms with Gasteiger partial charge in [-0.1, -0.05) is 40.0 Å². The maximum atomic E-state index is 2.42. The highest BCUT2D eigenvalue weighted by Gasteiger charge is 2.48. The van der Waals surface area contributed by atoms with Crippen LogP contribution in [0.2, 0.25) is 0 Å². The van der Waals surface area contributed by atoms with E-state index in [2.05, 4.69) is 20.8 Å². The fraction of sp³-hybridized carbons (Fsp3) is 1.00. The van der Waals surface area contributed by atoms with Crippen molar-refractivity contribution >= 4 is 0 Å². The maximum Gasteiger partial charge on any atom is -0.0308 e. The third kappa shape index (κ3) is 1.11. The van der Waals surface area contributed by atoms with E-state index in [1.54, 1.807) is 6.42 Å². The van der Waals surface area contributed by atoms with E-state index in [1.165, 1.54) is 19.3 Å². The molecule has 0 saturated heterocycles. The van der Waals surface area contributed by atoms with Crippen molar-refractivity contribution in [2.45, 2.75) is 46.5 Å². The normalized spacial score (nSPS) is 43.4. The lowest BCUT2D eigenvalue weighted by Gasteiger charge is -2.55. The molecule has 0 N–H and O–H groups in total. The topological polar surface area (TPSA) is 0 Å². The Hall–Kier alpha value is 0. The lowest BCUT2D eigenvalue weighted by Crippen LogP contribution is -2.47. The molecule has 3 fully saturated rings. The van der Waals surface area contributed by atoms with Crippen LogP contribution < -0.4 is 0 Å². The molecular weight excluding hydrogens is 132 g/mol. The van der Waals surface area contributed by atoms with Crippen LogP contribution in [0.3, 0.4) is 0 Å². The minimum absolute atomic E-state index is 0.591. The molecule has 2 bridgehead atoms. The molecule has 0 aromatic rings. The van der Waals surface area contributed by atoms with Crippen LogP contribution >= 0.6 is 0 Å². The summed E-state index contributed by atoms with van der Waals surface area (Å²) in [4.78, 5) is 0. The number of hydrogen-bond donors (Lipinski definition) is 0. The molecule has 0 heteroatoms. The standard InChI is InChI=1S/C11H20/c1-11(2,3)10-8-5-4-6-9(10)7-8/h8-10H,4-7H2,1-3H3/t8-,9+,10?. The van der Waals surface area contributed by atoms with E-state index < -0.39 is 0 Å².